The molecule has 1 aliphatic heterocycles. The normalized spacial score (nSPS) is 16.6. The second-order valence-corrected chi connectivity index (χ2v) is 5.81. The van der Waals surface area contributed by atoms with Crippen molar-refractivity contribution in [2.24, 2.45) is 0 Å². The van der Waals surface area contributed by atoms with E-state index in [1.54, 1.807) is 0 Å². The summed E-state index contributed by atoms with van der Waals surface area (Å²) < 4.78 is 6.63. The third-order valence-corrected chi connectivity index (χ3v) is 4.11. The van der Waals surface area contributed by atoms with Crippen LogP contribution in [-0.4, -0.2) is 11.1 Å². The van der Waals surface area contributed by atoms with Gasteiger partial charge in [0.15, 0.2) is 0 Å². The Labute approximate surface area is 125 Å². The Morgan fingerprint density at radius 3 is 2.90 bits per heavy atom. The van der Waals surface area contributed by atoms with Gasteiger partial charge in [0.2, 0.25) is 0 Å². The number of aryl methyl sites for hydroxylation is 1. The van der Waals surface area contributed by atoms with E-state index in [9.17, 15) is 9.90 Å². The molecule has 0 amide bonds. The molecular formula is C16H13BrO3. The van der Waals surface area contributed by atoms with E-state index >= 15 is 0 Å². The Hall–Kier alpha value is -1.81. The van der Waals surface area contributed by atoms with E-state index in [-0.39, 0.29) is 0 Å². The van der Waals surface area contributed by atoms with Gasteiger partial charge in [-0.15, -0.1) is 0 Å². The third-order valence-electron chi connectivity index (χ3n) is 3.62. The Bertz CT molecular complexity index is 694. The first-order chi connectivity index (χ1) is 9.58. The van der Waals surface area contributed by atoms with Gasteiger partial charge in [-0.2, -0.15) is 0 Å². The van der Waals surface area contributed by atoms with Gasteiger partial charge in [-0.3, -0.25) is 4.79 Å². The quantitative estimate of drug-likeness (QED) is 0.862. The van der Waals surface area contributed by atoms with E-state index in [2.05, 4.69) is 15.9 Å². The minimum atomic E-state index is -0.856. The summed E-state index contributed by atoms with van der Waals surface area (Å²) in [7, 11) is 0. The smallest absolute Gasteiger partial charge is 0.315 e. The van der Waals surface area contributed by atoms with Crippen LogP contribution in [0, 0.1) is 6.92 Å². The lowest BCUT2D eigenvalue weighted by atomic mass is 9.86. The molecule has 2 aromatic carbocycles. The lowest BCUT2D eigenvalue weighted by Crippen LogP contribution is -2.15. The highest BCUT2D eigenvalue weighted by Crippen LogP contribution is 2.40. The Balaban J connectivity index is 2.30. The average Bonchev–Trinajstić information content (AvgIpc) is 2.56. The van der Waals surface area contributed by atoms with Gasteiger partial charge in [-0.1, -0.05) is 34.1 Å². The molecule has 0 bridgehead atoms. The number of fused-ring (bicyclic) bond motifs is 2. The summed E-state index contributed by atoms with van der Waals surface area (Å²) in [4.78, 5) is 11.8. The summed E-state index contributed by atoms with van der Waals surface area (Å²) in [5, 5.41) is 9.70. The lowest BCUT2D eigenvalue weighted by Gasteiger charge is -2.17. The van der Waals surface area contributed by atoms with E-state index in [0.29, 0.717) is 17.9 Å². The van der Waals surface area contributed by atoms with E-state index in [1.807, 2.05) is 43.3 Å². The highest BCUT2D eigenvalue weighted by molar-refractivity contribution is 9.10. The Morgan fingerprint density at radius 2 is 2.15 bits per heavy atom. The van der Waals surface area contributed by atoms with Crippen molar-refractivity contribution in [2.45, 2.75) is 19.4 Å². The molecule has 1 aliphatic rings. The predicted molar refractivity (Wildman–Crippen MR) is 79.1 cm³/mol. The highest BCUT2D eigenvalue weighted by atomic mass is 79.9. The molecule has 0 radical (unpaired) electrons. The summed E-state index contributed by atoms with van der Waals surface area (Å²) in [6.45, 7) is 2.34. The van der Waals surface area contributed by atoms with Crippen LogP contribution in [0.3, 0.4) is 0 Å². The summed E-state index contributed by atoms with van der Waals surface area (Å²) in [6.07, 6.45) is 0. The molecule has 1 N–H and O–H groups in total. The first kappa shape index (κ1) is 13.2. The number of hydrogen-bond donors (Lipinski definition) is 1. The van der Waals surface area contributed by atoms with Crippen LogP contribution >= 0.6 is 15.9 Å². The molecule has 0 fully saturated rings. The fraction of sp³-hybridized carbons (Fsp3) is 0.188. The van der Waals surface area contributed by atoms with Crippen molar-refractivity contribution in [2.75, 3.05) is 0 Å². The van der Waals surface area contributed by atoms with Crippen LogP contribution in [-0.2, 0) is 11.4 Å². The Morgan fingerprint density at radius 1 is 1.35 bits per heavy atom. The monoisotopic (exact) mass is 332 g/mol. The fourth-order valence-corrected chi connectivity index (χ4v) is 3.10. The number of benzene rings is 2. The number of halogens is 1. The maximum absolute atomic E-state index is 11.8. The molecular weight excluding hydrogens is 320 g/mol. The maximum Gasteiger partial charge on any atom is 0.315 e. The van der Waals surface area contributed by atoms with Gasteiger partial charge < -0.3 is 9.84 Å². The van der Waals surface area contributed by atoms with Crippen molar-refractivity contribution in [3.63, 3.8) is 0 Å². The summed E-state index contributed by atoms with van der Waals surface area (Å²) in [5.41, 5.74) is 3.45. The van der Waals surface area contributed by atoms with Crippen molar-refractivity contribution in [1.82, 2.24) is 0 Å². The van der Waals surface area contributed by atoms with Crippen LogP contribution in [0.2, 0.25) is 0 Å². The summed E-state index contributed by atoms with van der Waals surface area (Å²) in [5.74, 6) is -0.914. The molecule has 0 aromatic heterocycles. The SMILES string of the molecule is Cc1cccc2c1C(C(=O)O)c1cc(Br)ccc1OC2. The highest BCUT2D eigenvalue weighted by Gasteiger charge is 2.31. The first-order valence-electron chi connectivity index (χ1n) is 6.31. The molecule has 1 heterocycles. The molecule has 1 atom stereocenters. The molecule has 3 nitrogen and oxygen atoms in total. The maximum atomic E-state index is 11.8. The van der Waals surface area contributed by atoms with Gasteiger partial charge in [0, 0.05) is 10.0 Å². The van der Waals surface area contributed by atoms with E-state index in [1.165, 1.54) is 0 Å². The van der Waals surface area contributed by atoms with Gasteiger partial charge in [0.05, 0.1) is 0 Å². The fourth-order valence-electron chi connectivity index (χ4n) is 2.72. The van der Waals surface area contributed by atoms with Crippen molar-refractivity contribution in [1.29, 1.82) is 0 Å². The largest absolute Gasteiger partial charge is 0.489 e. The van der Waals surface area contributed by atoms with E-state index in [4.69, 9.17) is 4.74 Å². The van der Waals surface area contributed by atoms with Crippen LogP contribution in [0.25, 0.3) is 0 Å². The Kier molecular flexibility index (Phi) is 3.26. The van der Waals surface area contributed by atoms with Crippen LogP contribution < -0.4 is 4.74 Å². The zero-order chi connectivity index (χ0) is 14.3. The molecule has 3 rings (SSSR count). The first-order valence-corrected chi connectivity index (χ1v) is 7.10. The van der Waals surface area contributed by atoms with Crippen LogP contribution in [0.15, 0.2) is 40.9 Å². The number of rotatable bonds is 1. The van der Waals surface area contributed by atoms with Crippen molar-refractivity contribution in [3.8, 4) is 5.75 Å². The number of carbonyl (C=O) groups is 1. The second kappa shape index (κ2) is 4.94. The molecule has 0 spiro atoms. The average molecular weight is 333 g/mol. The van der Waals surface area contributed by atoms with E-state index < -0.39 is 11.9 Å². The molecule has 20 heavy (non-hydrogen) atoms. The van der Waals surface area contributed by atoms with Gasteiger partial charge in [-0.25, -0.2) is 0 Å². The van der Waals surface area contributed by atoms with Gasteiger partial charge in [0.1, 0.15) is 18.3 Å². The van der Waals surface area contributed by atoms with Crippen molar-refractivity contribution in [3.05, 3.63) is 63.1 Å². The lowest BCUT2D eigenvalue weighted by molar-refractivity contribution is -0.137. The summed E-state index contributed by atoms with van der Waals surface area (Å²) in [6, 6.07) is 11.3. The minimum Gasteiger partial charge on any atom is -0.489 e. The van der Waals surface area contributed by atoms with Crippen molar-refractivity contribution >= 4 is 21.9 Å². The molecule has 2 aromatic rings. The second-order valence-electron chi connectivity index (χ2n) is 4.89. The standard InChI is InChI=1S/C16H13BrO3/c1-9-3-2-4-10-8-20-13-6-5-11(17)7-12(13)15(14(9)10)16(18)19/h2-7,15H,8H2,1H3,(H,18,19). The van der Waals surface area contributed by atoms with Crippen molar-refractivity contribution < 1.29 is 14.6 Å². The minimum absolute atomic E-state index is 0.398. The zero-order valence-corrected chi connectivity index (χ0v) is 12.5. The van der Waals surface area contributed by atoms with Crippen LogP contribution in [0.1, 0.15) is 28.2 Å². The third kappa shape index (κ3) is 2.10. The van der Waals surface area contributed by atoms with Crippen LogP contribution in [0.5, 0.6) is 5.75 Å². The van der Waals surface area contributed by atoms with Gasteiger partial charge in [0.25, 0.3) is 0 Å². The topological polar surface area (TPSA) is 46.5 Å². The number of hydrogen-bond acceptors (Lipinski definition) is 2. The molecule has 4 heteroatoms. The van der Waals surface area contributed by atoms with E-state index in [0.717, 1.165) is 21.2 Å². The summed E-state index contributed by atoms with van der Waals surface area (Å²) >= 11 is 3.40. The number of aliphatic carboxylic acids is 1. The van der Waals surface area contributed by atoms with Gasteiger partial charge >= 0.3 is 5.97 Å². The van der Waals surface area contributed by atoms with Gasteiger partial charge in [-0.05, 0) is 41.8 Å². The molecule has 102 valence electrons. The molecule has 0 aliphatic carbocycles. The molecule has 1 unspecified atom stereocenters. The zero-order valence-electron chi connectivity index (χ0n) is 10.9. The number of carboxylic acid groups (broad SMARTS) is 1. The number of ether oxygens (including phenoxy) is 1. The molecule has 0 saturated carbocycles. The molecule has 0 saturated heterocycles. The predicted octanol–water partition coefficient (Wildman–Crippen LogP) is 3.87. The number of carboxylic acids is 1. The van der Waals surface area contributed by atoms with Crippen LogP contribution in [0.4, 0.5) is 0 Å².